The Labute approximate surface area is 101 Å². The van der Waals surface area contributed by atoms with E-state index < -0.39 is 0 Å². The highest BCUT2D eigenvalue weighted by atomic mass is 16.2. The van der Waals surface area contributed by atoms with Crippen molar-refractivity contribution in [2.45, 2.75) is 47.0 Å². The molecular weight excluding hydrogens is 200 g/mol. The molecule has 0 bridgehead atoms. The lowest BCUT2D eigenvalue weighted by Crippen LogP contribution is -2.34. The van der Waals surface area contributed by atoms with E-state index in [9.17, 15) is 4.79 Å². The van der Waals surface area contributed by atoms with Gasteiger partial charge in [0.15, 0.2) is 0 Å². The molecule has 0 aromatic carbocycles. The number of nitrogens with zero attached hydrogens (tertiary/aromatic N) is 2. The minimum absolute atomic E-state index is 0.338. The predicted octanol–water partition coefficient (Wildman–Crippen LogP) is 2.37. The van der Waals surface area contributed by atoms with Crippen molar-refractivity contribution in [1.29, 1.82) is 0 Å². The summed E-state index contributed by atoms with van der Waals surface area (Å²) >= 11 is 0. The maximum absolute atomic E-state index is 11.7. The molecule has 0 radical (unpaired) electrons. The van der Waals surface area contributed by atoms with E-state index in [0.717, 1.165) is 45.6 Å². The summed E-state index contributed by atoms with van der Waals surface area (Å²) in [5.41, 5.74) is 0. The summed E-state index contributed by atoms with van der Waals surface area (Å²) in [6, 6.07) is 0. The molecule has 1 aliphatic rings. The fourth-order valence-electron chi connectivity index (χ4n) is 1.91. The van der Waals surface area contributed by atoms with Gasteiger partial charge in [-0.15, -0.1) is 0 Å². The first-order valence-electron chi connectivity index (χ1n) is 6.78. The van der Waals surface area contributed by atoms with E-state index in [2.05, 4.69) is 18.7 Å². The monoisotopic (exact) mass is 228 g/mol. The molecule has 1 amide bonds. The quantitative estimate of drug-likeness (QED) is 0.740. The molecule has 0 unspecified atom stereocenters. The summed E-state index contributed by atoms with van der Waals surface area (Å²) in [6.45, 7) is 13.4. The first-order chi connectivity index (χ1) is 7.77. The van der Waals surface area contributed by atoms with Crippen molar-refractivity contribution in [3.8, 4) is 0 Å². The van der Waals surface area contributed by atoms with Crippen molar-refractivity contribution in [3.63, 3.8) is 0 Å². The number of amides is 1. The van der Waals surface area contributed by atoms with Gasteiger partial charge in [-0.1, -0.05) is 27.7 Å². The van der Waals surface area contributed by atoms with Crippen molar-refractivity contribution in [2.75, 3.05) is 32.7 Å². The molecule has 16 heavy (non-hydrogen) atoms. The van der Waals surface area contributed by atoms with Gasteiger partial charge in [-0.2, -0.15) is 0 Å². The lowest BCUT2D eigenvalue weighted by Gasteiger charge is -2.20. The Balaban J connectivity index is 0.00000106. The molecule has 3 heteroatoms. The molecule has 96 valence electrons. The van der Waals surface area contributed by atoms with E-state index in [1.807, 2.05) is 18.7 Å². The molecule has 0 saturated carbocycles. The van der Waals surface area contributed by atoms with Gasteiger partial charge < -0.3 is 9.80 Å². The van der Waals surface area contributed by atoms with Crippen LogP contribution in [0.25, 0.3) is 0 Å². The third-order valence-electron chi connectivity index (χ3n) is 2.85. The van der Waals surface area contributed by atoms with Gasteiger partial charge in [-0.25, -0.2) is 0 Å². The highest BCUT2D eigenvalue weighted by molar-refractivity contribution is 5.76. The lowest BCUT2D eigenvalue weighted by molar-refractivity contribution is -0.131. The summed E-state index contributed by atoms with van der Waals surface area (Å²) in [5, 5.41) is 0. The van der Waals surface area contributed by atoms with Crippen molar-refractivity contribution in [3.05, 3.63) is 0 Å². The summed E-state index contributed by atoms with van der Waals surface area (Å²) < 4.78 is 0. The SMILES string of the molecule is CC.CCCC(=O)N1CCCN(CC)CC1. The highest BCUT2D eigenvalue weighted by Crippen LogP contribution is 2.05. The molecule has 0 aliphatic carbocycles. The Morgan fingerprint density at radius 3 is 2.31 bits per heavy atom. The van der Waals surface area contributed by atoms with Crippen molar-refractivity contribution >= 4 is 5.91 Å². The van der Waals surface area contributed by atoms with Gasteiger partial charge in [0.25, 0.3) is 0 Å². The number of hydrogen-bond donors (Lipinski definition) is 0. The zero-order valence-corrected chi connectivity index (χ0v) is 11.5. The van der Waals surface area contributed by atoms with Gasteiger partial charge in [0.05, 0.1) is 0 Å². The van der Waals surface area contributed by atoms with Crippen LogP contribution >= 0.6 is 0 Å². The predicted molar refractivity (Wildman–Crippen MR) is 69.6 cm³/mol. The molecule has 1 fully saturated rings. The van der Waals surface area contributed by atoms with Crippen LogP contribution in [0.2, 0.25) is 0 Å². The average Bonchev–Trinajstić information content (AvgIpc) is 2.57. The summed E-state index contributed by atoms with van der Waals surface area (Å²) in [6.07, 6.45) is 2.81. The maximum atomic E-state index is 11.7. The van der Waals surface area contributed by atoms with Crippen molar-refractivity contribution < 1.29 is 4.79 Å². The van der Waals surface area contributed by atoms with Gasteiger partial charge in [0.2, 0.25) is 5.91 Å². The van der Waals surface area contributed by atoms with Gasteiger partial charge in [-0.3, -0.25) is 4.79 Å². The van der Waals surface area contributed by atoms with Crippen LogP contribution in [-0.2, 0) is 4.79 Å². The average molecular weight is 228 g/mol. The Hall–Kier alpha value is -0.570. The smallest absolute Gasteiger partial charge is 0.222 e. The summed E-state index contributed by atoms with van der Waals surface area (Å²) in [7, 11) is 0. The number of likely N-dealkylation sites (N-methyl/N-ethyl adjacent to an activating group) is 1. The Bertz CT molecular complexity index is 183. The molecule has 0 aromatic heterocycles. The van der Waals surface area contributed by atoms with E-state index >= 15 is 0 Å². The Morgan fingerprint density at radius 1 is 1.06 bits per heavy atom. The molecule has 1 aliphatic heterocycles. The van der Waals surface area contributed by atoms with E-state index in [4.69, 9.17) is 0 Å². The van der Waals surface area contributed by atoms with Gasteiger partial charge >= 0.3 is 0 Å². The number of rotatable bonds is 3. The molecule has 1 saturated heterocycles. The largest absolute Gasteiger partial charge is 0.341 e. The van der Waals surface area contributed by atoms with E-state index in [-0.39, 0.29) is 0 Å². The van der Waals surface area contributed by atoms with Crippen LogP contribution in [0.3, 0.4) is 0 Å². The molecular formula is C13H28N2O. The zero-order valence-electron chi connectivity index (χ0n) is 11.5. The molecule has 0 aromatic rings. The van der Waals surface area contributed by atoms with Gasteiger partial charge in [-0.05, 0) is 25.9 Å². The fourth-order valence-corrected chi connectivity index (χ4v) is 1.91. The number of carbonyl (C=O) groups excluding carboxylic acids is 1. The topological polar surface area (TPSA) is 23.6 Å². The van der Waals surface area contributed by atoms with E-state index in [0.29, 0.717) is 12.3 Å². The molecule has 1 heterocycles. The number of hydrogen-bond acceptors (Lipinski definition) is 2. The second-order valence-corrected chi connectivity index (χ2v) is 3.92. The molecule has 0 N–H and O–H groups in total. The molecule has 3 nitrogen and oxygen atoms in total. The second kappa shape index (κ2) is 9.64. The van der Waals surface area contributed by atoms with Crippen LogP contribution in [0.1, 0.15) is 47.0 Å². The maximum Gasteiger partial charge on any atom is 0.222 e. The minimum Gasteiger partial charge on any atom is -0.341 e. The third kappa shape index (κ3) is 5.50. The van der Waals surface area contributed by atoms with Crippen LogP contribution in [0, 0.1) is 0 Å². The van der Waals surface area contributed by atoms with Gasteiger partial charge in [0.1, 0.15) is 0 Å². The Kier molecular flexibility index (Phi) is 9.30. The number of carbonyl (C=O) groups is 1. The third-order valence-corrected chi connectivity index (χ3v) is 2.85. The zero-order chi connectivity index (χ0) is 12.4. The van der Waals surface area contributed by atoms with E-state index in [1.54, 1.807) is 0 Å². The Morgan fingerprint density at radius 2 is 1.75 bits per heavy atom. The second-order valence-electron chi connectivity index (χ2n) is 3.92. The fraction of sp³-hybridized carbons (Fsp3) is 0.923. The summed E-state index contributed by atoms with van der Waals surface area (Å²) in [5.74, 6) is 0.338. The van der Waals surface area contributed by atoms with E-state index in [1.165, 1.54) is 0 Å². The van der Waals surface area contributed by atoms with Crippen LogP contribution < -0.4 is 0 Å². The lowest BCUT2D eigenvalue weighted by atomic mass is 10.3. The molecule has 0 atom stereocenters. The van der Waals surface area contributed by atoms with Crippen LogP contribution in [0.4, 0.5) is 0 Å². The van der Waals surface area contributed by atoms with Crippen LogP contribution in [0.15, 0.2) is 0 Å². The minimum atomic E-state index is 0.338. The van der Waals surface area contributed by atoms with Gasteiger partial charge in [0, 0.05) is 26.1 Å². The van der Waals surface area contributed by atoms with Crippen LogP contribution in [0.5, 0.6) is 0 Å². The van der Waals surface area contributed by atoms with Crippen molar-refractivity contribution in [1.82, 2.24) is 9.80 Å². The molecule has 0 spiro atoms. The summed E-state index contributed by atoms with van der Waals surface area (Å²) in [4.78, 5) is 16.1. The van der Waals surface area contributed by atoms with Crippen molar-refractivity contribution in [2.24, 2.45) is 0 Å². The standard InChI is InChI=1S/C11H22N2O.C2H6/c1-3-6-11(14)13-8-5-7-12(4-2)9-10-13;1-2/h3-10H2,1-2H3;1-2H3. The van der Waals surface area contributed by atoms with Crippen LogP contribution in [-0.4, -0.2) is 48.4 Å². The first-order valence-corrected chi connectivity index (χ1v) is 6.78. The molecule has 1 rings (SSSR count). The normalized spacial score (nSPS) is 17.4. The highest BCUT2D eigenvalue weighted by Gasteiger charge is 2.16. The first kappa shape index (κ1) is 15.4.